The fourth-order valence-electron chi connectivity index (χ4n) is 7.28. The summed E-state index contributed by atoms with van der Waals surface area (Å²) >= 11 is 0. The van der Waals surface area contributed by atoms with E-state index in [4.69, 9.17) is 15.0 Å². The van der Waals surface area contributed by atoms with Crippen molar-refractivity contribution in [2.24, 2.45) is 0 Å². The number of benzene rings is 5. The second-order valence-electron chi connectivity index (χ2n) is 12.6. The van der Waals surface area contributed by atoms with Gasteiger partial charge in [-0.25, -0.2) is 4.98 Å². The summed E-state index contributed by atoms with van der Waals surface area (Å²) in [5, 5.41) is 4.85. The first kappa shape index (κ1) is 28.4. The Bertz CT molecular complexity index is 2570. The second-order valence-corrected chi connectivity index (χ2v) is 12.6. The summed E-state index contributed by atoms with van der Waals surface area (Å²) in [6.07, 6.45) is 10.5. The van der Waals surface area contributed by atoms with E-state index in [9.17, 15) is 0 Å². The Morgan fingerprint density at radius 1 is 0.562 bits per heavy atom. The molecule has 9 rings (SSSR count). The summed E-state index contributed by atoms with van der Waals surface area (Å²) in [4.78, 5) is 15.6. The molecule has 3 heterocycles. The molecule has 0 bridgehead atoms. The first-order chi connectivity index (χ1) is 23.7. The second kappa shape index (κ2) is 11.5. The van der Waals surface area contributed by atoms with Crippen LogP contribution in [0.1, 0.15) is 43.6 Å². The van der Waals surface area contributed by atoms with Gasteiger partial charge in [0.15, 0.2) is 11.6 Å². The van der Waals surface area contributed by atoms with Crippen LogP contribution in [0.2, 0.25) is 0 Å². The summed E-state index contributed by atoms with van der Waals surface area (Å²) in [6, 6.07) is 39.3. The van der Waals surface area contributed by atoms with E-state index in [1.165, 1.54) is 38.2 Å². The minimum atomic E-state index is 0.620. The van der Waals surface area contributed by atoms with E-state index in [-0.39, 0.29) is 0 Å². The van der Waals surface area contributed by atoms with E-state index < -0.39 is 0 Å². The van der Waals surface area contributed by atoms with E-state index in [0.29, 0.717) is 17.6 Å². The molecule has 5 aromatic carbocycles. The number of allylic oxidation sites excluding steroid dienone is 4. The number of para-hydroxylation sites is 1. The van der Waals surface area contributed by atoms with Crippen LogP contribution in [0.25, 0.3) is 72.2 Å². The van der Waals surface area contributed by atoms with E-state index in [2.05, 4.69) is 132 Å². The topological polar surface area (TPSA) is 48.5 Å². The average Bonchev–Trinajstić information content (AvgIpc) is 3.67. The van der Waals surface area contributed by atoms with Gasteiger partial charge in [0, 0.05) is 38.4 Å². The maximum absolute atomic E-state index is 5.27. The third kappa shape index (κ3) is 4.49. The van der Waals surface area contributed by atoms with Gasteiger partial charge in [0.2, 0.25) is 5.95 Å². The van der Waals surface area contributed by atoms with Crippen LogP contribution >= 0.6 is 0 Å². The zero-order valence-electron chi connectivity index (χ0n) is 27.2. The normalized spacial score (nSPS) is 13.2. The van der Waals surface area contributed by atoms with E-state index in [1.54, 1.807) is 0 Å². The highest BCUT2D eigenvalue weighted by Crippen LogP contribution is 2.42. The lowest BCUT2D eigenvalue weighted by Crippen LogP contribution is -2.09. The number of rotatable bonds is 6. The number of hydrogen-bond donors (Lipinski definition) is 0. The Hall–Kier alpha value is -5.81. The monoisotopic (exact) mass is 621 g/mol. The predicted octanol–water partition coefficient (Wildman–Crippen LogP) is 10.6. The number of fused-ring (bicyclic) bond motifs is 7. The molecule has 8 aromatic rings. The molecule has 1 aliphatic carbocycles. The summed E-state index contributed by atoms with van der Waals surface area (Å²) in [5.41, 5.74) is 10.3. The molecule has 0 saturated heterocycles. The molecule has 0 unspecified atom stereocenters. The molecule has 0 spiro atoms. The van der Waals surface area contributed by atoms with Crippen molar-refractivity contribution in [1.29, 1.82) is 0 Å². The Balaban J connectivity index is 1.48. The Morgan fingerprint density at radius 3 is 1.79 bits per heavy atom. The average molecular weight is 622 g/mol. The van der Waals surface area contributed by atoms with Crippen LogP contribution in [0.4, 0.5) is 0 Å². The number of aryl methyl sites for hydroxylation is 2. The zero-order chi connectivity index (χ0) is 32.2. The van der Waals surface area contributed by atoms with Crippen molar-refractivity contribution in [3.63, 3.8) is 0 Å². The van der Waals surface area contributed by atoms with Gasteiger partial charge in [-0.05, 0) is 73.2 Å². The summed E-state index contributed by atoms with van der Waals surface area (Å²) < 4.78 is 4.71. The molecule has 0 aliphatic heterocycles. The minimum Gasteiger partial charge on any atom is -0.307 e. The molecule has 0 saturated carbocycles. The highest BCUT2D eigenvalue weighted by molar-refractivity contribution is 6.23. The molecule has 0 fully saturated rings. The van der Waals surface area contributed by atoms with Gasteiger partial charge in [-0.3, -0.25) is 4.57 Å². The maximum Gasteiger partial charge on any atom is 0.238 e. The van der Waals surface area contributed by atoms with Gasteiger partial charge in [0.1, 0.15) is 0 Å². The Labute approximate surface area is 279 Å². The Kier molecular flexibility index (Phi) is 6.78. The molecule has 0 N–H and O–H groups in total. The van der Waals surface area contributed by atoms with Crippen molar-refractivity contribution in [2.75, 3.05) is 0 Å². The molecular formula is C43H35N5. The van der Waals surface area contributed by atoms with Crippen molar-refractivity contribution >= 4 is 49.2 Å². The fourth-order valence-corrected chi connectivity index (χ4v) is 7.28. The highest BCUT2D eigenvalue weighted by Gasteiger charge is 2.24. The first-order valence-corrected chi connectivity index (χ1v) is 17.0. The molecule has 0 atom stereocenters. The predicted molar refractivity (Wildman–Crippen MR) is 199 cm³/mol. The van der Waals surface area contributed by atoms with E-state index in [1.807, 2.05) is 18.2 Å². The smallest absolute Gasteiger partial charge is 0.238 e. The lowest BCUT2D eigenvalue weighted by Gasteiger charge is -2.14. The first-order valence-electron chi connectivity index (χ1n) is 17.0. The van der Waals surface area contributed by atoms with Gasteiger partial charge in [0.05, 0.1) is 22.1 Å². The molecule has 0 radical (unpaired) electrons. The number of hydrogen-bond acceptors (Lipinski definition) is 3. The molecular weight excluding hydrogens is 587 g/mol. The Morgan fingerprint density at radius 2 is 1.17 bits per heavy atom. The van der Waals surface area contributed by atoms with Gasteiger partial charge in [-0.1, -0.05) is 105 Å². The van der Waals surface area contributed by atoms with Crippen molar-refractivity contribution in [2.45, 2.75) is 39.5 Å². The number of nitrogens with zero attached hydrogens (tertiary/aromatic N) is 5. The van der Waals surface area contributed by atoms with Gasteiger partial charge in [-0.15, -0.1) is 0 Å². The molecule has 48 heavy (non-hydrogen) atoms. The third-order valence-electron chi connectivity index (χ3n) is 9.72. The quantitative estimate of drug-likeness (QED) is 0.186. The van der Waals surface area contributed by atoms with Crippen molar-refractivity contribution in [3.8, 4) is 23.0 Å². The molecule has 3 aromatic heterocycles. The van der Waals surface area contributed by atoms with Crippen LogP contribution in [0.15, 0.2) is 127 Å². The summed E-state index contributed by atoms with van der Waals surface area (Å²) in [6.45, 7) is 4.44. The summed E-state index contributed by atoms with van der Waals surface area (Å²) in [5.74, 6) is 1.98. The molecule has 232 valence electrons. The van der Waals surface area contributed by atoms with Gasteiger partial charge in [-0.2, -0.15) is 9.97 Å². The largest absolute Gasteiger partial charge is 0.307 e. The highest BCUT2D eigenvalue weighted by atomic mass is 15.2. The van der Waals surface area contributed by atoms with Gasteiger partial charge in [0.25, 0.3) is 0 Å². The van der Waals surface area contributed by atoms with Crippen LogP contribution in [0, 0.1) is 0 Å². The SMILES string of the molecule is CCc1ccc2c(c1)c1ccc3c4cc(CC)ccc4n(-c4nc(C5=CCCC=C5)nc(-c5ccccc5)n4)c3c1n2-c1ccccc1. The molecule has 0 amide bonds. The van der Waals surface area contributed by atoms with E-state index in [0.717, 1.165) is 59.1 Å². The minimum absolute atomic E-state index is 0.620. The third-order valence-corrected chi connectivity index (χ3v) is 9.72. The van der Waals surface area contributed by atoms with Gasteiger partial charge < -0.3 is 4.57 Å². The van der Waals surface area contributed by atoms with E-state index >= 15 is 0 Å². The standard InChI is InChI=1S/C43H35N5/c1-3-28-20-24-37-35(26-28)33-22-23-34-36-27-29(4-2)21-25-38(36)48(40(34)39(33)47(37)32-18-12-7-13-19-32)43-45-41(30-14-8-5-9-15-30)44-42(46-43)31-16-10-6-11-17-31/h5,7-10,12-27H,3-4,6,11H2,1-2H3. The van der Waals surface area contributed by atoms with Crippen molar-refractivity contribution < 1.29 is 0 Å². The summed E-state index contributed by atoms with van der Waals surface area (Å²) in [7, 11) is 0. The van der Waals surface area contributed by atoms with Crippen LogP contribution in [-0.4, -0.2) is 24.1 Å². The fraction of sp³-hybridized carbons (Fsp3) is 0.140. The van der Waals surface area contributed by atoms with Crippen LogP contribution in [0.3, 0.4) is 0 Å². The van der Waals surface area contributed by atoms with Crippen LogP contribution in [-0.2, 0) is 12.8 Å². The van der Waals surface area contributed by atoms with Gasteiger partial charge >= 0.3 is 0 Å². The van der Waals surface area contributed by atoms with Crippen molar-refractivity contribution in [3.05, 3.63) is 144 Å². The lowest BCUT2D eigenvalue weighted by atomic mass is 10.0. The maximum atomic E-state index is 5.27. The van der Waals surface area contributed by atoms with Crippen molar-refractivity contribution in [1.82, 2.24) is 24.1 Å². The molecule has 1 aliphatic rings. The zero-order valence-corrected chi connectivity index (χ0v) is 27.2. The lowest BCUT2D eigenvalue weighted by molar-refractivity contribution is 0.927. The van der Waals surface area contributed by atoms with Crippen LogP contribution < -0.4 is 0 Å². The molecule has 5 heteroatoms. The number of aromatic nitrogens is 5. The van der Waals surface area contributed by atoms with Crippen LogP contribution in [0.5, 0.6) is 0 Å². The molecule has 5 nitrogen and oxygen atoms in total.